The number of ether oxygens (including phenoxy) is 1. The van der Waals surface area contributed by atoms with Gasteiger partial charge in [-0.15, -0.1) is 0 Å². The average Bonchev–Trinajstić information content (AvgIpc) is 3.15. The average molecular weight is 434 g/mol. The number of rotatable bonds is 5. The van der Waals surface area contributed by atoms with Gasteiger partial charge in [0.2, 0.25) is 10.0 Å². The van der Waals surface area contributed by atoms with Crippen LogP contribution in [-0.2, 0) is 26.2 Å². The Morgan fingerprint density at radius 3 is 2.48 bits per heavy atom. The number of benzene rings is 2. The largest absolute Gasteiger partial charge is 0.457 e. The lowest BCUT2D eigenvalue weighted by Crippen LogP contribution is -2.40. The van der Waals surface area contributed by atoms with Crippen molar-refractivity contribution in [3.8, 4) is 0 Å². The second-order valence-electron chi connectivity index (χ2n) is 6.99. The topological polar surface area (TPSA) is 76.8 Å². The summed E-state index contributed by atoms with van der Waals surface area (Å²) >= 11 is 5.83. The molecule has 4 rings (SSSR count). The zero-order valence-electron chi connectivity index (χ0n) is 15.6. The lowest BCUT2D eigenvalue weighted by molar-refractivity contribution is -0.151. The zero-order chi connectivity index (χ0) is 20.4. The number of carbonyl (C=O) groups excluding carboxylic acids is 1. The van der Waals surface area contributed by atoms with E-state index in [4.69, 9.17) is 20.8 Å². The zero-order valence-corrected chi connectivity index (χ0v) is 17.2. The molecule has 0 saturated carbocycles. The molecule has 0 bridgehead atoms. The molecule has 0 unspecified atom stereocenters. The van der Waals surface area contributed by atoms with Gasteiger partial charge in [0.1, 0.15) is 18.0 Å². The number of esters is 1. The molecule has 152 valence electrons. The highest BCUT2D eigenvalue weighted by Gasteiger charge is 2.32. The minimum Gasteiger partial charge on any atom is -0.457 e. The minimum absolute atomic E-state index is 0.0663. The van der Waals surface area contributed by atoms with Gasteiger partial charge in [-0.1, -0.05) is 29.8 Å². The van der Waals surface area contributed by atoms with Gasteiger partial charge in [-0.05, 0) is 49.2 Å². The van der Waals surface area contributed by atoms with E-state index in [1.807, 2.05) is 30.3 Å². The highest BCUT2D eigenvalue weighted by atomic mass is 35.5. The van der Waals surface area contributed by atoms with Crippen molar-refractivity contribution < 1.29 is 22.4 Å². The van der Waals surface area contributed by atoms with Crippen LogP contribution >= 0.6 is 11.6 Å². The van der Waals surface area contributed by atoms with Gasteiger partial charge in [0, 0.05) is 23.5 Å². The predicted octanol–water partition coefficient (Wildman–Crippen LogP) is 4.23. The molecule has 0 amide bonds. The molecule has 2 aromatic carbocycles. The molecule has 0 atom stereocenters. The Hall–Kier alpha value is -2.35. The highest BCUT2D eigenvalue weighted by Crippen LogP contribution is 2.26. The van der Waals surface area contributed by atoms with Gasteiger partial charge in [0.25, 0.3) is 0 Å². The lowest BCUT2D eigenvalue weighted by atomic mass is 9.98. The Bertz CT molecular complexity index is 1080. The molecule has 3 aromatic rings. The Kier molecular flexibility index (Phi) is 5.63. The second kappa shape index (κ2) is 8.18. The van der Waals surface area contributed by atoms with Crippen molar-refractivity contribution in [1.82, 2.24) is 4.31 Å². The molecule has 1 aliphatic heterocycles. The summed E-state index contributed by atoms with van der Waals surface area (Å²) in [4.78, 5) is 12.6. The maximum atomic E-state index is 12.7. The van der Waals surface area contributed by atoms with Crippen molar-refractivity contribution in [2.75, 3.05) is 13.1 Å². The van der Waals surface area contributed by atoms with Crippen molar-refractivity contribution in [3.05, 3.63) is 65.4 Å². The number of sulfonamides is 1. The summed E-state index contributed by atoms with van der Waals surface area (Å²) in [5.74, 6) is -0.0626. The molecule has 1 aromatic heterocycles. The first-order valence-corrected chi connectivity index (χ1v) is 11.1. The van der Waals surface area contributed by atoms with Crippen molar-refractivity contribution in [3.63, 3.8) is 0 Å². The maximum Gasteiger partial charge on any atom is 0.309 e. The van der Waals surface area contributed by atoms with Crippen LogP contribution in [0, 0.1) is 5.92 Å². The van der Waals surface area contributed by atoms with Crippen molar-refractivity contribution in [2.45, 2.75) is 24.3 Å². The number of hydrogen-bond acceptors (Lipinski definition) is 5. The first kappa shape index (κ1) is 19.9. The Balaban J connectivity index is 1.32. The van der Waals surface area contributed by atoms with Crippen LogP contribution < -0.4 is 0 Å². The van der Waals surface area contributed by atoms with Gasteiger partial charge < -0.3 is 9.15 Å². The Labute approximate surface area is 174 Å². The van der Waals surface area contributed by atoms with Crippen molar-refractivity contribution in [1.29, 1.82) is 0 Å². The molecule has 6 nitrogen and oxygen atoms in total. The van der Waals surface area contributed by atoms with E-state index in [-0.39, 0.29) is 36.5 Å². The summed E-state index contributed by atoms with van der Waals surface area (Å²) < 4.78 is 37.9. The SMILES string of the molecule is O=C(OCc1cc2ccccc2o1)C1CCN(S(=O)(=O)c2ccc(Cl)cc2)CC1. The predicted molar refractivity (Wildman–Crippen MR) is 109 cm³/mol. The molecular weight excluding hydrogens is 414 g/mol. The standard InChI is InChI=1S/C21H20ClNO5S/c22-17-5-7-19(8-6-17)29(25,26)23-11-9-15(10-12-23)21(24)27-14-18-13-16-3-1-2-4-20(16)28-18/h1-8,13,15H,9-12,14H2. The third-order valence-electron chi connectivity index (χ3n) is 5.07. The molecule has 1 aliphatic rings. The number of carbonyl (C=O) groups is 1. The van der Waals surface area contributed by atoms with E-state index >= 15 is 0 Å². The fourth-order valence-corrected chi connectivity index (χ4v) is 5.05. The highest BCUT2D eigenvalue weighted by molar-refractivity contribution is 7.89. The molecule has 8 heteroatoms. The third kappa shape index (κ3) is 4.32. The van der Waals surface area contributed by atoms with Crippen LogP contribution in [0.3, 0.4) is 0 Å². The quantitative estimate of drug-likeness (QED) is 0.563. The molecule has 1 fully saturated rings. The number of para-hydroxylation sites is 1. The summed E-state index contributed by atoms with van der Waals surface area (Å²) in [7, 11) is -3.59. The smallest absolute Gasteiger partial charge is 0.309 e. The van der Waals surface area contributed by atoms with Gasteiger partial charge in [-0.2, -0.15) is 4.31 Å². The van der Waals surface area contributed by atoms with Gasteiger partial charge >= 0.3 is 5.97 Å². The number of hydrogen-bond donors (Lipinski definition) is 0. The fourth-order valence-electron chi connectivity index (χ4n) is 3.46. The van der Waals surface area contributed by atoms with Gasteiger partial charge in [-0.25, -0.2) is 8.42 Å². The van der Waals surface area contributed by atoms with E-state index < -0.39 is 10.0 Å². The molecule has 0 radical (unpaired) electrons. The van der Waals surface area contributed by atoms with Crippen molar-refractivity contribution >= 4 is 38.6 Å². The van der Waals surface area contributed by atoms with Crippen LogP contribution in [0.2, 0.25) is 5.02 Å². The van der Waals surface area contributed by atoms with Crippen LogP contribution in [0.4, 0.5) is 0 Å². The maximum absolute atomic E-state index is 12.7. The summed E-state index contributed by atoms with van der Waals surface area (Å²) in [5, 5.41) is 1.44. The molecule has 1 saturated heterocycles. The Morgan fingerprint density at radius 1 is 1.10 bits per heavy atom. The summed E-state index contributed by atoms with van der Waals surface area (Å²) in [6.45, 7) is 0.613. The van der Waals surface area contributed by atoms with Crippen LogP contribution in [0.1, 0.15) is 18.6 Å². The number of nitrogens with zero attached hydrogens (tertiary/aromatic N) is 1. The third-order valence-corrected chi connectivity index (χ3v) is 7.24. The first-order valence-electron chi connectivity index (χ1n) is 9.33. The van der Waals surface area contributed by atoms with Gasteiger partial charge in [0.05, 0.1) is 10.8 Å². The number of halogens is 1. The summed E-state index contributed by atoms with van der Waals surface area (Å²) in [6, 6.07) is 15.5. The summed E-state index contributed by atoms with van der Waals surface area (Å²) in [5.41, 5.74) is 0.749. The molecule has 0 spiro atoms. The second-order valence-corrected chi connectivity index (χ2v) is 9.36. The Morgan fingerprint density at radius 2 is 1.79 bits per heavy atom. The van der Waals surface area contributed by atoms with E-state index in [9.17, 15) is 13.2 Å². The van der Waals surface area contributed by atoms with E-state index in [2.05, 4.69) is 0 Å². The van der Waals surface area contributed by atoms with E-state index in [1.54, 1.807) is 12.1 Å². The molecule has 0 N–H and O–H groups in total. The van der Waals surface area contributed by atoms with Crippen molar-refractivity contribution in [2.24, 2.45) is 5.92 Å². The summed E-state index contributed by atoms with van der Waals surface area (Å²) in [6.07, 6.45) is 0.845. The molecule has 2 heterocycles. The van der Waals surface area contributed by atoms with E-state index in [0.717, 1.165) is 11.0 Å². The minimum atomic E-state index is -3.59. The lowest BCUT2D eigenvalue weighted by Gasteiger charge is -2.30. The van der Waals surface area contributed by atoms with Crippen LogP contribution in [0.25, 0.3) is 11.0 Å². The van der Waals surface area contributed by atoms with Gasteiger partial charge in [0.15, 0.2) is 0 Å². The van der Waals surface area contributed by atoms with Crippen LogP contribution in [0.15, 0.2) is 63.9 Å². The fraction of sp³-hybridized carbons (Fsp3) is 0.286. The van der Waals surface area contributed by atoms with Crippen LogP contribution in [-0.4, -0.2) is 31.8 Å². The molecular formula is C21H20ClNO5S. The number of fused-ring (bicyclic) bond motifs is 1. The van der Waals surface area contributed by atoms with Gasteiger partial charge in [-0.3, -0.25) is 4.79 Å². The number of furan rings is 1. The molecule has 29 heavy (non-hydrogen) atoms. The number of piperidine rings is 1. The monoisotopic (exact) mass is 433 g/mol. The molecule has 0 aliphatic carbocycles. The normalized spacial score (nSPS) is 16.2. The van der Waals surface area contributed by atoms with E-state index in [0.29, 0.717) is 23.6 Å². The van der Waals surface area contributed by atoms with E-state index in [1.165, 1.54) is 16.4 Å². The first-order chi connectivity index (χ1) is 13.9. The van der Waals surface area contributed by atoms with Crippen LogP contribution in [0.5, 0.6) is 0 Å².